The highest BCUT2D eigenvalue weighted by Crippen LogP contribution is 2.27. The SMILES string of the molecule is COc1cc(C)ccc1OCC(=O)NCc1ccccc1. The quantitative estimate of drug-likeness (QED) is 0.887. The molecule has 2 aromatic rings. The molecule has 0 aliphatic rings. The first-order chi connectivity index (χ1) is 10.2. The lowest BCUT2D eigenvalue weighted by atomic mass is 10.2. The van der Waals surface area contributed by atoms with Gasteiger partial charge in [-0.3, -0.25) is 4.79 Å². The number of ether oxygens (including phenoxy) is 2. The van der Waals surface area contributed by atoms with Gasteiger partial charge in [0.25, 0.3) is 5.91 Å². The van der Waals surface area contributed by atoms with E-state index in [-0.39, 0.29) is 12.5 Å². The van der Waals surface area contributed by atoms with E-state index in [4.69, 9.17) is 9.47 Å². The summed E-state index contributed by atoms with van der Waals surface area (Å²) in [5.74, 6) is 1.03. The van der Waals surface area contributed by atoms with Gasteiger partial charge in [-0.1, -0.05) is 36.4 Å². The monoisotopic (exact) mass is 285 g/mol. The summed E-state index contributed by atoms with van der Waals surface area (Å²) in [6.45, 7) is 2.43. The predicted octanol–water partition coefficient (Wildman–Crippen LogP) is 2.70. The smallest absolute Gasteiger partial charge is 0.258 e. The van der Waals surface area contributed by atoms with Gasteiger partial charge in [-0.25, -0.2) is 0 Å². The third-order valence-corrected chi connectivity index (χ3v) is 3.01. The number of methoxy groups -OCH3 is 1. The van der Waals surface area contributed by atoms with Gasteiger partial charge in [0.05, 0.1) is 7.11 Å². The molecule has 0 aliphatic carbocycles. The van der Waals surface area contributed by atoms with Gasteiger partial charge in [-0.15, -0.1) is 0 Å². The molecule has 4 heteroatoms. The van der Waals surface area contributed by atoms with Crippen LogP contribution in [-0.4, -0.2) is 19.6 Å². The van der Waals surface area contributed by atoms with Crippen LogP contribution in [0, 0.1) is 6.92 Å². The Balaban J connectivity index is 1.84. The van der Waals surface area contributed by atoms with Crippen molar-refractivity contribution < 1.29 is 14.3 Å². The van der Waals surface area contributed by atoms with Gasteiger partial charge in [0, 0.05) is 6.54 Å². The molecule has 1 amide bonds. The second-order valence-electron chi connectivity index (χ2n) is 4.71. The number of hydrogen-bond donors (Lipinski definition) is 1. The number of hydrogen-bond acceptors (Lipinski definition) is 3. The highest BCUT2D eigenvalue weighted by molar-refractivity contribution is 5.77. The summed E-state index contributed by atoms with van der Waals surface area (Å²) in [4.78, 5) is 11.8. The van der Waals surface area contributed by atoms with Crippen molar-refractivity contribution in [2.75, 3.05) is 13.7 Å². The molecular formula is C17H19NO3. The average Bonchev–Trinajstić information content (AvgIpc) is 2.52. The molecule has 0 heterocycles. The van der Waals surface area contributed by atoms with Gasteiger partial charge in [-0.05, 0) is 30.2 Å². The highest BCUT2D eigenvalue weighted by atomic mass is 16.5. The van der Waals surface area contributed by atoms with E-state index in [0.29, 0.717) is 18.0 Å². The number of carbonyl (C=O) groups excluding carboxylic acids is 1. The largest absolute Gasteiger partial charge is 0.493 e. The van der Waals surface area contributed by atoms with Gasteiger partial charge in [0.2, 0.25) is 0 Å². The molecule has 0 spiro atoms. The van der Waals surface area contributed by atoms with E-state index < -0.39 is 0 Å². The maximum atomic E-state index is 11.8. The summed E-state index contributed by atoms with van der Waals surface area (Å²) < 4.78 is 10.7. The molecule has 1 N–H and O–H groups in total. The van der Waals surface area contributed by atoms with E-state index in [1.165, 1.54) is 0 Å². The standard InChI is InChI=1S/C17H19NO3/c1-13-8-9-15(16(10-13)20-2)21-12-17(19)18-11-14-6-4-3-5-7-14/h3-10H,11-12H2,1-2H3,(H,18,19). The molecule has 0 aromatic heterocycles. The molecular weight excluding hydrogens is 266 g/mol. The van der Waals surface area contributed by atoms with E-state index >= 15 is 0 Å². The second-order valence-corrected chi connectivity index (χ2v) is 4.71. The van der Waals surface area contributed by atoms with Crippen LogP contribution < -0.4 is 14.8 Å². The van der Waals surface area contributed by atoms with E-state index in [9.17, 15) is 4.79 Å². The lowest BCUT2D eigenvalue weighted by Gasteiger charge is -2.11. The van der Waals surface area contributed by atoms with Crippen molar-refractivity contribution in [1.82, 2.24) is 5.32 Å². The Kier molecular flexibility index (Phi) is 5.21. The first-order valence-electron chi connectivity index (χ1n) is 6.77. The summed E-state index contributed by atoms with van der Waals surface area (Å²) in [7, 11) is 1.58. The first kappa shape index (κ1) is 14.9. The minimum atomic E-state index is -0.165. The fourth-order valence-electron chi connectivity index (χ4n) is 1.88. The zero-order chi connectivity index (χ0) is 15.1. The number of rotatable bonds is 6. The summed E-state index contributed by atoms with van der Waals surface area (Å²) in [5, 5.41) is 2.81. The van der Waals surface area contributed by atoms with E-state index in [0.717, 1.165) is 11.1 Å². The Morgan fingerprint density at radius 3 is 2.57 bits per heavy atom. The molecule has 2 aromatic carbocycles. The zero-order valence-corrected chi connectivity index (χ0v) is 12.3. The Morgan fingerprint density at radius 1 is 1.10 bits per heavy atom. The molecule has 21 heavy (non-hydrogen) atoms. The minimum absolute atomic E-state index is 0.0355. The Hall–Kier alpha value is -2.49. The molecule has 110 valence electrons. The number of aryl methyl sites for hydroxylation is 1. The van der Waals surface area contributed by atoms with E-state index in [1.54, 1.807) is 13.2 Å². The zero-order valence-electron chi connectivity index (χ0n) is 12.3. The fourth-order valence-corrected chi connectivity index (χ4v) is 1.88. The highest BCUT2D eigenvalue weighted by Gasteiger charge is 2.07. The van der Waals surface area contributed by atoms with Crippen molar-refractivity contribution in [3.8, 4) is 11.5 Å². The third-order valence-electron chi connectivity index (χ3n) is 3.01. The molecule has 4 nitrogen and oxygen atoms in total. The average molecular weight is 285 g/mol. The minimum Gasteiger partial charge on any atom is -0.493 e. The van der Waals surface area contributed by atoms with Crippen molar-refractivity contribution in [2.45, 2.75) is 13.5 Å². The second kappa shape index (κ2) is 7.33. The van der Waals surface area contributed by atoms with Crippen LogP contribution >= 0.6 is 0 Å². The van der Waals surface area contributed by atoms with Crippen molar-refractivity contribution in [3.05, 3.63) is 59.7 Å². The molecule has 0 atom stereocenters. The molecule has 2 rings (SSSR count). The predicted molar refractivity (Wildman–Crippen MR) is 81.5 cm³/mol. The lowest BCUT2D eigenvalue weighted by molar-refractivity contribution is -0.123. The summed E-state index contributed by atoms with van der Waals surface area (Å²) in [6, 6.07) is 15.3. The van der Waals surface area contributed by atoms with Crippen molar-refractivity contribution in [3.63, 3.8) is 0 Å². The van der Waals surface area contributed by atoms with Crippen LogP contribution in [0.4, 0.5) is 0 Å². The van der Waals surface area contributed by atoms with Crippen LogP contribution in [0.1, 0.15) is 11.1 Å². The van der Waals surface area contributed by atoms with Crippen LogP contribution in [0.15, 0.2) is 48.5 Å². The summed E-state index contributed by atoms with van der Waals surface area (Å²) >= 11 is 0. The van der Waals surface area contributed by atoms with E-state index in [2.05, 4.69) is 5.32 Å². The van der Waals surface area contributed by atoms with Crippen LogP contribution in [0.2, 0.25) is 0 Å². The molecule has 0 saturated carbocycles. The molecule has 0 radical (unpaired) electrons. The van der Waals surface area contributed by atoms with Crippen molar-refractivity contribution in [2.24, 2.45) is 0 Å². The maximum Gasteiger partial charge on any atom is 0.258 e. The van der Waals surface area contributed by atoms with Gasteiger partial charge in [0.15, 0.2) is 18.1 Å². The van der Waals surface area contributed by atoms with Crippen LogP contribution in [0.3, 0.4) is 0 Å². The maximum absolute atomic E-state index is 11.8. The first-order valence-corrected chi connectivity index (χ1v) is 6.77. The van der Waals surface area contributed by atoms with Crippen LogP contribution in [-0.2, 0) is 11.3 Å². The molecule has 0 aliphatic heterocycles. The van der Waals surface area contributed by atoms with E-state index in [1.807, 2.05) is 49.4 Å². The Morgan fingerprint density at radius 2 is 1.86 bits per heavy atom. The molecule has 0 unspecified atom stereocenters. The number of amides is 1. The van der Waals surface area contributed by atoms with Gasteiger partial charge < -0.3 is 14.8 Å². The summed E-state index contributed by atoms with van der Waals surface area (Å²) in [6.07, 6.45) is 0. The van der Waals surface area contributed by atoms with Crippen molar-refractivity contribution >= 4 is 5.91 Å². The molecule has 0 bridgehead atoms. The fraction of sp³-hybridized carbons (Fsp3) is 0.235. The van der Waals surface area contributed by atoms with Gasteiger partial charge in [0.1, 0.15) is 0 Å². The topological polar surface area (TPSA) is 47.6 Å². The third kappa shape index (κ3) is 4.53. The number of nitrogens with one attached hydrogen (secondary N) is 1. The number of benzene rings is 2. The molecule has 0 fully saturated rings. The van der Waals surface area contributed by atoms with Crippen LogP contribution in [0.25, 0.3) is 0 Å². The summed E-state index contributed by atoms with van der Waals surface area (Å²) in [5.41, 5.74) is 2.13. The Bertz CT molecular complexity index is 596. The van der Waals surface area contributed by atoms with Crippen LogP contribution in [0.5, 0.6) is 11.5 Å². The lowest BCUT2D eigenvalue weighted by Crippen LogP contribution is -2.28. The normalized spacial score (nSPS) is 10.0. The number of carbonyl (C=O) groups is 1. The van der Waals surface area contributed by atoms with Gasteiger partial charge >= 0.3 is 0 Å². The van der Waals surface area contributed by atoms with Gasteiger partial charge in [-0.2, -0.15) is 0 Å². The molecule has 0 saturated heterocycles. The van der Waals surface area contributed by atoms with Crippen molar-refractivity contribution in [1.29, 1.82) is 0 Å². The Labute approximate surface area is 124 Å².